The van der Waals surface area contributed by atoms with Crippen LogP contribution < -0.4 is 5.32 Å². The number of hydrogen-bond acceptors (Lipinski definition) is 7. The van der Waals surface area contributed by atoms with Crippen molar-refractivity contribution in [1.29, 1.82) is 0 Å². The van der Waals surface area contributed by atoms with Crippen LogP contribution in [0.5, 0.6) is 0 Å². The molecule has 2 N–H and O–H groups in total. The molecule has 0 heterocycles. The first-order valence-electron chi connectivity index (χ1n) is 6.37. The van der Waals surface area contributed by atoms with Crippen molar-refractivity contribution in [2.45, 2.75) is 18.6 Å². The minimum absolute atomic E-state index is 0.0508. The van der Waals surface area contributed by atoms with Crippen LogP contribution in [-0.4, -0.2) is 67.0 Å². The topological polar surface area (TPSA) is 86.3 Å². The molecule has 118 valence electrons. The first-order chi connectivity index (χ1) is 9.53. The summed E-state index contributed by atoms with van der Waals surface area (Å²) < 4.78 is 20.6. The Bertz CT molecular complexity index is 277. The lowest BCUT2D eigenvalue weighted by molar-refractivity contribution is -0.140. The van der Waals surface area contributed by atoms with Crippen LogP contribution in [0, 0.1) is 0 Å². The fourth-order valence-corrected chi connectivity index (χ4v) is 3.27. The number of nitrogens with one attached hydrogen (secondary N) is 1. The molecule has 0 aliphatic rings. The summed E-state index contributed by atoms with van der Waals surface area (Å²) in [6.07, 6.45) is 1.11. The second kappa shape index (κ2) is 10.9. The average molecular weight is 307 g/mol. The van der Waals surface area contributed by atoms with E-state index in [-0.39, 0.29) is 6.61 Å². The molecule has 0 amide bonds. The van der Waals surface area contributed by atoms with Crippen molar-refractivity contribution in [1.82, 2.24) is 5.32 Å². The van der Waals surface area contributed by atoms with E-state index >= 15 is 0 Å². The van der Waals surface area contributed by atoms with E-state index < -0.39 is 20.9 Å². The van der Waals surface area contributed by atoms with Gasteiger partial charge in [-0.3, -0.25) is 0 Å². The van der Waals surface area contributed by atoms with Crippen molar-refractivity contribution >= 4 is 14.8 Å². The molecule has 0 aliphatic heterocycles. The number of hydrogen-bond donors (Lipinski definition) is 2. The van der Waals surface area contributed by atoms with Gasteiger partial charge in [0.15, 0.2) is 0 Å². The lowest BCUT2D eigenvalue weighted by Crippen LogP contribution is -2.43. The van der Waals surface area contributed by atoms with Gasteiger partial charge in [-0.15, -0.1) is 0 Å². The van der Waals surface area contributed by atoms with E-state index in [2.05, 4.69) is 11.9 Å². The average Bonchev–Trinajstić information content (AvgIpc) is 2.49. The number of aliphatic hydroxyl groups is 1. The van der Waals surface area contributed by atoms with Crippen LogP contribution in [-0.2, 0) is 22.8 Å². The molecule has 8 heteroatoms. The van der Waals surface area contributed by atoms with Gasteiger partial charge in [0.2, 0.25) is 0 Å². The highest BCUT2D eigenvalue weighted by Crippen LogP contribution is 2.14. The zero-order valence-corrected chi connectivity index (χ0v) is 13.4. The fourth-order valence-electron chi connectivity index (χ4n) is 1.55. The highest BCUT2D eigenvalue weighted by atomic mass is 28.4. The highest BCUT2D eigenvalue weighted by molar-refractivity contribution is 6.60. The van der Waals surface area contributed by atoms with Crippen molar-refractivity contribution in [2.75, 3.05) is 41.0 Å². The molecule has 0 aromatic rings. The third kappa shape index (κ3) is 7.73. The van der Waals surface area contributed by atoms with E-state index in [0.717, 1.165) is 12.5 Å². The third-order valence-corrected chi connectivity index (χ3v) is 5.57. The Hall–Kier alpha value is -0.773. The molecular weight excluding hydrogens is 282 g/mol. The predicted molar refractivity (Wildman–Crippen MR) is 76.2 cm³/mol. The number of rotatable bonds is 12. The molecule has 0 saturated heterocycles. The van der Waals surface area contributed by atoms with Crippen LogP contribution in [0.25, 0.3) is 0 Å². The second-order valence-electron chi connectivity index (χ2n) is 4.09. The third-order valence-electron chi connectivity index (χ3n) is 2.73. The van der Waals surface area contributed by atoms with Gasteiger partial charge < -0.3 is 28.4 Å². The largest absolute Gasteiger partial charge is 0.500 e. The van der Waals surface area contributed by atoms with Gasteiger partial charge in [0.05, 0.1) is 0 Å². The molecule has 0 spiro atoms. The molecule has 20 heavy (non-hydrogen) atoms. The smallest absolute Gasteiger partial charge is 0.460 e. The lowest BCUT2D eigenvalue weighted by Gasteiger charge is -2.24. The normalized spacial score (nSPS) is 13.0. The van der Waals surface area contributed by atoms with E-state index in [1.165, 1.54) is 0 Å². The quantitative estimate of drug-likeness (QED) is 0.226. The van der Waals surface area contributed by atoms with Crippen LogP contribution in [0.1, 0.15) is 6.42 Å². The van der Waals surface area contributed by atoms with Crippen molar-refractivity contribution in [2.24, 2.45) is 0 Å². The van der Waals surface area contributed by atoms with Crippen LogP contribution in [0.4, 0.5) is 0 Å². The molecule has 0 aliphatic carbocycles. The molecule has 0 aromatic heterocycles. The Morgan fingerprint density at radius 3 is 2.45 bits per heavy atom. The van der Waals surface area contributed by atoms with E-state index in [1.807, 2.05) is 0 Å². The molecule has 0 rings (SSSR count). The summed E-state index contributed by atoms with van der Waals surface area (Å²) in [5.41, 5.74) is 0. The zero-order chi connectivity index (χ0) is 15.4. The molecule has 0 radical (unpaired) electrons. The number of esters is 1. The van der Waals surface area contributed by atoms with Crippen molar-refractivity contribution in [3.8, 4) is 0 Å². The molecule has 0 fully saturated rings. The van der Waals surface area contributed by atoms with E-state index in [1.54, 1.807) is 21.3 Å². The Balaban J connectivity index is 3.70. The van der Waals surface area contributed by atoms with Gasteiger partial charge in [-0.2, -0.15) is 0 Å². The number of carbonyl (C=O) groups is 1. The van der Waals surface area contributed by atoms with Crippen molar-refractivity contribution in [3.05, 3.63) is 12.7 Å². The Kier molecular flexibility index (Phi) is 10.5. The van der Waals surface area contributed by atoms with Gasteiger partial charge in [0.25, 0.3) is 0 Å². The maximum Gasteiger partial charge on any atom is 0.500 e. The van der Waals surface area contributed by atoms with Gasteiger partial charge in [0, 0.05) is 40.0 Å². The van der Waals surface area contributed by atoms with E-state index in [4.69, 9.17) is 18.0 Å². The van der Waals surface area contributed by atoms with E-state index in [9.17, 15) is 9.90 Å². The second-order valence-corrected chi connectivity index (χ2v) is 7.18. The monoisotopic (exact) mass is 307 g/mol. The van der Waals surface area contributed by atoms with Gasteiger partial charge in [-0.25, -0.2) is 4.79 Å². The van der Waals surface area contributed by atoms with Gasteiger partial charge in [0.1, 0.15) is 12.7 Å². The molecule has 7 nitrogen and oxygen atoms in total. The maximum absolute atomic E-state index is 10.8. The first kappa shape index (κ1) is 19.2. The minimum Gasteiger partial charge on any atom is -0.460 e. The maximum atomic E-state index is 10.8. The number of carbonyl (C=O) groups excluding carboxylic acids is 1. The predicted octanol–water partition coefficient (Wildman–Crippen LogP) is -0.0657. The molecule has 1 atom stereocenters. The molecule has 1 unspecified atom stereocenters. The highest BCUT2D eigenvalue weighted by Gasteiger charge is 2.36. The molecule has 0 saturated carbocycles. The van der Waals surface area contributed by atoms with Crippen LogP contribution in [0.15, 0.2) is 12.7 Å². The van der Waals surface area contributed by atoms with Crippen molar-refractivity contribution < 1.29 is 27.9 Å². The van der Waals surface area contributed by atoms with Gasteiger partial charge >= 0.3 is 14.8 Å². The van der Waals surface area contributed by atoms with Gasteiger partial charge in [-0.05, 0) is 13.0 Å². The van der Waals surface area contributed by atoms with Crippen LogP contribution >= 0.6 is 0 Å². The minimum atomic E-state index is -2.51. The molecule has 0 aromatic carbocycles. The van der Waals surface area contributed by atoms with Crippen LogP contribution in [0.2, 0.25) is 6.04 Å². The van der Waals surface area contributed by atoms with E-state index in [0.29, 0.717) is 19.1 Å². The standard InChI is InChI=1S/C12H25NO6Si/c1-5-12(15)19-10-11(14)9-13-7-6-8-20(16-2,17-3)18-4/h5,11,13-14H,1,6-10H2,2-4H3. The zero-order valence-electron chi connectivity index (χ0n) is 12.4. The summed E-state index contributed by atoms with van der Waals surface area (Å²) in [5, 5.41) is 12.6. The summed E-state index contributed by atoms with van der Waals surface area (Å²) >= 11 is 0. The summed E-state index contributed by atoms with van der Waals surface area (Å²) in [4.78, 5) is 10.8. The fraction of sp³-hybridized carbons (Fsp3) is 0.750. The Labute approximate surface area is 121 Å². The Morgan fingerprint density at radius 1 is 1.35 bits per heavy atom. The summed E-state index contributed by atoms with van der Waals surface area (Å²) in [7, 11) is 2.21. The first-order valence-corrected chi connectivity index (χ1v) is 8.30. The summed E-state index contributed by atoms with van der Waals surface area (Å²) in [6, 6.07) is 0.686. The summed E-state index contributed by atoms with van der Waals surface area (Å²) in [6.45, 7) is 4.23. The van der Waals surface area contributed by atoms with Gasteiger partial charge in [-0.1, -0.05) is 6.58 Å². The lowest BCUT2D eigenvalue weighted by atomic mass is 10.3. The SMILES string of the molecule is C=CC(=O)OCC(O)CNCCC[Si](OC)(OC)OC. The summed E-state index contributed by atoms with van der Waals surface area (Å²) in [5.74, 6) is -0.542. The molecular formula is C12H25NO6Si. The Morgan fingerprint density at radius 2 is 1.95 bits per heavy atom. The number of aliphatic hydroxyl groups excluding tert-OH is 1. The number of ether oxygens (including phenoxy) is 1. The van der Waals surface area contributed by atoms with Crippen molar-refractivity contribution in [3.63, 3.8) is 0 Å². The van der Waals surface area contributed by atoms with Crippen LogP contribution in [0.3, 0.4) is 0 Å². The molecule has 0 bridgehead atoms.